The van der Waals surface area contributed by atoms with E-state index in [0.717, 1.165) is 57.4 Å². The Bertz CT molecular complexity index is 419. The Morgan fingerprint density at radius 2 is 2.04 bits per heavy atom. The first-order valence-electron chi connectivity index (χ1n) is 8.92. The highest BCUT2D eigenvalue weighted by Crippen LogP contribution is 2.01. The molecule has 0 aliphatic rings. The van der Waals surface area contributed by atoms with Gasteiger partial charge in [-0.05, 0) is 37.8 Å². The van der Waals surface area contributed by atoms with E-state index in [1.807, 2.05) is 12.1 Å². The molecular formula is C18H33N3O3. The van der Waals surface area contributed by atoms with E-state index in [0.29, 0.717) is 19.1 Å². The average molecular weight is 339 g/mol. The van der Waals surface area contributed by atoms with Gasteiger partial charge in [0.25, 0.3) is 0 Å². The van der Waals surface area contributed by atoms with Crippen LogP contribution in [-0.2, 0) is 16.1 Å². The Labute approximate surface area is 146 Å². The third-order valence-electron chi connectivity index (χ3n) is 3.09. The molecule has 0 radical (unpaired) electrons. The molecule has 2 N–H and O–H groups in total. The first kappa shape index (κ1) is 20.5. The van der Waals surface area contributed by atoms with Crippen LogP contribution in [0.5, 0.6) is 0 Å². The first-order chi connectivity index (χ1) is 11.7. The van der Waals surface area contributed by atoms with Crippen molar-refractivity contribution in [3.05, 3.63) is 24.2 Å². The molecule has 0 atom stereocenters. The minimum atomic E-state index is 0.519. The van der Waals surface area contributed by atoms with Crippen molar-refractivity contribution in [2.75, 3.05) is 39.5 Å². The molecule has 0 aliphatic carbocycles. The maximum atomic E-state index is 5.57. The van der Waals surface area contributed by atoms with Crippen LogP contribution in [0.15, 0.2) is 27.8 Å². The maximum absolute atomic E-state index is 5.57. The lowest BCUT2D eigenvalue weighted by molar-refractivity contribution is 0.105. The molecule has 24 heavy (non-hydrogen) atoms. The van der Waals surface area contributed by atoms with E-state index in [-0.39, 0.29) is 0 Å². The second-order valence-corrected chi connectivity index (χ2v) is 6.00. The summed E-state index contributed by atoms with van der Waals surface area (Å²) in [6, 6.07) is 3.78. The number of hydrogen-bond acceptors (Lipinski definition) is 4. The molecular weight excluding hydrogens is 306 g/mol. The van der Waals surface area contributed by atoms with Crippen LogP contribution in [0.3, 0.4) is 0 Å². The first-order valence-corrected chi connectivity index (χ1v) is 8.92. The van der Waals surface area contributed by atoms with Gasteiger partial charge in [0.2, 0.25) is 0 Å². The smallest absolute Gasteiger partial charge is 0.191 e. The van der Waals surface area contributed by atoms with Crippen LogP contribution in [0, 0.1) is 5.92 Å². The lowest BCUT2D eigenvalue weighted by Crippen LogP contribution is -2.38. The molecule has 1 aromatic heterocycles. The summed E-state index contributed by atoms with van der Waals surface area (Å²) in [5, 5.41) is 6.57. The molecule has 0 saturated carbocycles. The number of aliphatic imine (C=N–C) groups is 1. The van der Waals surface area contributed by atoms with E-state index in [1.54, 1.807) is 6.26 Å². The fourth-order valence-corrected chi connectivity index (χ4v) is 1.97. The predicted octanol–water partition coefficient (Wildman–Crippen LogP) is 2.80. The fraction of sp³-hybridized carbons (Fsp3) is 0.722. The van der Waals surface area contributed by atoms with Crippen molar-refractivity contribution in [2.45, 2.75) is 40.2 Å². The highest BCUT2D eigenvalue weighted by atomic mass is 16.5. The van der Waals surface area contributed by atoms with Gasteiger partial charge in [-0.25, -0.2) is 0 Å². The molecule has 6 heteroatoms. The molecule has 0 fully saturated rings. The van der Waals surface area contributed by atoms with Gasteiger partial charge in [-0.15, -0.1) is 0 Å². The number of guanidine groups is 1. The van der Waals surface area contributed by atoms with E-state index in [4.69, 9.17) is 13.9 Å². The molecule has 0 unspecified atom stereocenters. The third kappa shape index (κ3) is 11.1. The second kappa shape index (κ2) is 13.9. The number of furan rings is 1. The molecule has 0 bridgehead atoms. The normalized spacial score (nSPS) is 11.9. The van der Waals surface area contributed by atoms with E-state index in [9.17, 15) is 0 Å². The second-order valence-electron chi connectivity index (χ2n) is 6.00. The Morgan fingerprint density at radius 1 is 1.21 bits per heavy atom. The summed E-state index contributed by atoms with van der Waals surface area (Å²) < 4.78 is 16.3. The van der Waals surface area contributed by atoms with Gasteiger partial charge in [-0.3, -0.25) is 4.99 Å². The fourth-order valence-electron chi connectivity index (χ4n) is 1.97. The van der Waals surface area contributed by atoms with Gasteiger partial charge in [-0.2, -0.15) is 0 Å². The quantitative estimate of drug-likeness (QED) is 0.329. The summed E-state index contributed by atoms with van der Waals surface area (Å²) in [6.45, 7) is 11.6. The maximum Gasteiger partial charge on any atom is 0.191 e. The SMILES string of the molecule is CCNC(=NCCCOCc1ccco1)NCCCOCC(C)C. The summed E-state index contributed by atoms with van der Waals surface area (Å²) in [4.78, 5) is 4.54. The zero-order chi connectivity index (χ0) is 17.5. The van der Waals surface area contributed by atoms with E-state index in [1.165, 1.54) is 0 Å². The molecule has 6 nitrogen and oxygen atoms in total. The summed E-state index contributed by atoms with van der Waals surface area (Å²) in [5.74, 6) is 2.30. The van der Waals surface area contributed by atoms with Crippen LogP contribution in [0.4, 0.5) is 0 Å². The van der Waals surface area contributed by atoms with Gasteiger partial charge in [0.05, 0.1) is 6.26 Å². The Balaban J connectivity index is 2.06. The van der Waals surface area contributed by atoms with Crippen molar-refractivity contribution in [3.63, 3.8) is 0 Å². The topological polar surface area (TPSA) is 68.0 Å². The number of nitrogens with one attached hydrogen (secondary N) is 2. The lowest BCUT2D eigenvalue weighted by atomic mass is 10.2. The van der Waals surface area contributed by atoms with Crippen LogP contribution in [0.2, 0.25) is 0 Å². The predicted molar refractivity (Wildman–Crippen MR) is 97.2 cm³/mol. The largest absolute Gasteiger partial charge is 0.467 e. The van der Waals surface area contributed by atoms with Gasteiger partial charge in [0.1, 0.15) is 12.4 Å². The number of ether oxygens (including phenoxy) is 2. The lowest BCUT2D eigenvalue weighted by Gasteiger charge is -2.12. The molecule has 1 rings (SSSR count). The van der Waals surface area contributed by atoms with E-state index < -0.39 is 0 Å². The molecule has 1 heterocycles. The summed E-state index contributed by atoms with van der Waals surface area (Å²) in [7, 11) is 0. The van der Waals surface area contributed by atoms with Crippen molar-refractivity contribution in [1.82, 2.24) is 10.6 Å². The Hall–Kier alpha value is -1.53. The van der Waals surface area contributed by atoms with Gasteiger partial charge in [0, 0.05) is 39.5 Å². The molecule has 0 saturated heterocycles. The summed E-state index contributed by atoms with van der Waals surface area (Å²) in [6.07, 6.45) is 3.52. The van der Waals surface area contributed by atoms with Crippen LogP contribution in [0.25, 0.3) is 0 Å². The van der Waals surface area contributed by atoms with Crippen molar-refractivity contribution in [1.29, 1.82) is 0 Å². The van der Waals surface area contributed by atoms with Crippen molar-refractivity contribution < 1.29 is 13.9 Å². The molecule has 0 amide bonds. The molecule has 138 valence electrons. The number of hydrogen-bond donors (Lipinski definition) is 2. The Morgan fingerprint density at radius 3 is 2.75 bits per heavy atom. The highest BCUT2D eigenvalue weighted by Gasteiger charge is 1.98. The molecule has 1 aromatic rings. The number of rotatable bonds is 13. The number of nitrogens with zero attached hydrogens (tertiary/aromatic N) is 1. The van der Waals surface area contributed by atoms with Crippen molar-refractivity contribution in [2.24, 2.45) is 10.9 Å². The van der Waals surface area contributed by atoms with Crippen LogP contribution in [-0.4, -0.2) is 45.4 Å². The third-order valence-corrected chi connectivity index (χ3v) is 3.09. The molecule has 0 aliphatic heterocycles. The summed E-state index contributed by atoms with van der Waals surface area (Å²) >= 11 is 0. The highest BCUT2D eigenvalue weighted by molar-refractivity contribution is 5.79. The zero-order valence-corrected chi connectivity index (χ0v) is 15.3. The van der Waals surface area contributed by atoms with Gasteiger partial charge in [-0.1, -0.05) is 13.8 Å². The van der Waals surface area contributed by atoms with Crippen molar-refractivity contribution in [3.8, 4) is 0 Å². The zero-order valence-electron chi connectivity index (χ0n) is 15.3. The van der Waals surface area contributed by atoms with Crippen LogP contribution in [0.1, 0.15) is 39.4 Å². The van der Waals surface area contributed by atoms with Gasteiger partial charge >= 0.3 is 0 Å². The van der Waals surface area contributed by atoms with Crippen molar-refractivity contribution >= 4 is 5.96 Å². The summed E-state index contributed by atoms with van der Waals surface area (Å²) in [5.41, 5.74) is 0. The molecule has 0 aromatic carbocycles. The van der Waals surface area contributed by atoms with E-state index in [2.05, 4.69) is 36.4 Å². The minimum absolute atomic E-state index is 0.519. The van der Waals surface area contributed by atoms with Crippen LogP contribution < -0.4 is 10.6 Å². The van der Waals surface area contributed by atoms with Gasteiger partial charge < -0.3 is 24.5 Å². The standard InChI is InChI=1S/C18H33N3O3/c1-4-19-18(20-9-6-11-22-14-16(2)3)21-10-7-12-23-15-17-8-5-13-24-17/h5,8,13,16H,4,6-7,9-12,14-15H2,1-3H3,(H2,19,20,21). The van der Waals surface area contributed by atoms with Crippen LogP contribution >= 0.6 is 0 Å². The van der Waals surface area contributed by atoms with Gasteiger partial charge in [0.15, 0.2) is 5.96 Å². The average Bonchev–Trinajstić information content (AvgIpc) is 3.06. The minimum Gasteiger partial charge on any atom is -0.467 e. The molecule has 0 spiro atoms. The Kier molecular flexibility index (Phi) is 11.9. The van der Waals surface area contributed by atoms with E-state index >= 15 is 0 Å². The monoisotopic (exact) mass is 339 g/mol.